The van der Waals surface area contributed by atoms with Crippen LogP contribution in [0.1, 0.15) is 26.3 Å². The lowest BCUT2D eigenvalue weighted by molar-refractivity contribution is -0.149. The Morgan fingerprint density at radius 1 is 1.38 bits per heavy atom. The molecule has 0 aliphatic carbocycles. The molecule has 0 unspecified atom stereocenters. The molecule has 4 nitrogen and oxygen atoms in total. The number of nitrogens with zero attached hydrogens (tertiary/aromatic N) is 1. The smallest absolute Gasteiger partial charge is 0.266 e. The summed E-state index contributed by atoms with van der Waals surface area (Å²) in [6.07, 6.45) is 0.803. The number of benzene rings is 1. The molecule has 5 heteroatoms. The summed E-state index contributed by atoms with van der Waals surface area (Å²) in [5.41, 5.74) is 0.0973. The molecule has 0 saturated carbocycles. The van der Waals surface area contributed by atoms with Crippen molar-refractivity contribution >= 4 is 17.5 Å². The van der Waals surface area contributed by atoms with Gasteiger partial charge in [0.25, 0.3) is 5.91 Å². The van der Waals surface area contributed by atoms with Crippen molar-refractivity contribution in [1.82, 2.24) is 4.90 Å². The second-order valence-corrected chi connectivity index (χ2v) is 6.06. The average molecular weight is 312 g/mol. The first-order valence-corrected chi connectivity index (χ1v) is 7.66. The highest BCUT2D eigenvalue weighted by Crippen LogP contribution is 2.28. The Morgan fingerprint density at radius 2 is 2.05 bits per heavy atom. The van der Waals surface area contributed by atoms with Gasteiger partial charge in [-0.3, -0.25) is 4.79 Å². The van der Waals surface area contributed by atoms with Crippen molar-refractivity contribution in [1.29, 1.82) is 0 Å². The molecule has 0 N–H and O–H groups in total. The number of hydrogen-bond acceptors (Lipinski definition) is 3. The maximum atomic E-state index is 12.6. The Morgan fingerprint density at radius 3 is 2.67 bits per heavy atom. The third kappa shape index (κ3) is 3.89. The zero-order chi connectivity index (χ0) is 15.5. The molecule has 1 amide bonds. The minimum absolute atomic E-state index is 0.0113. The Hall–Kier alpha value is -1.26. The molecule has 1 fully saturated rings. The van der Waals surface area contributed by atoms with Gasteiger partial charge < -0.3 is 14.4 Å². The number of amides is 1. The number of aryl methyl sites for hydroxylation is 1. The lowest BCUT2D eigenvalue weighted by atomic mass is 10.1. The Kier molecular flexibility index (Phi) is 5.12. The van der Waals surface area contributed by atoms with E-state index in [1.165, 1.54) is 0 Å². The molecule has 1 aromatic rings. The van der Waals surface area contributed by atoms with Crippen LogP contribution in [0.2, 0.25) is 5.02 Å². The van der Waals surface area contributed by atoms with Gasteiger partial charge in [0.05, 0.1) is 13.2 Å². The fourth-order valence-corrected chi connectivity index (χ4v) is 2.58. The number of morpholine rings is 1. The number of rotatable bonds is 4. The molecule has 1 aromatic carbocycles. The number of carbonyl (C=O) groups is 1. The zero-order valence-corrected chi connectivity index (χ0v) is 13.6. The quantitative estimate of drug-likeness (QED) is 0.858. The molecular formula is C16H22ClNO3. The van der Waals surface area contributed by atoms with Crippen LogP contribution in [0.3, 0.4) is 0 Å². The van der Waals surface area contributed by atoms with E-state index in [0.29, 0.717) is 37.1 Å². The SMILES string of the molecule is CCc1cc(Cl)ccc1OC(C)(C)C(=O)N1CCOCC1. The summed E-state index contributed by atoms with van der Waals surface area (Å²) in [5.74, 6) is 0.705. The van der Waals surface area contributed by atoms with E-state index in [1.807, 2.05) is 19.1 Å². The largest absolute Gasteiger partial charge is 0.478 e. The van der Waals surface area contributed by atoms with Crippen molar-refractivity contribution in [3.63, 3.8) is 0 Å². The van der Waals surface area contributed by atoms with Crippen molar-refractivity contribution in [2.45, 2.75) is 32.8 Å². The first-order valence-electron chi connectivity index (χ1n) is 7.28. The molecule has 1 aliphatic heterocycles. The second-order valence-electron chi connectivity index (χ2n) is 5.62. The minimum Gasteiger partial charge on any atom is -0.478 e. The third-order valence-corrected chi connectivity index (χ3v) is 3.82. The number of hydrogen-bond donors (Lipinski definition) is 0. The second kappa shape index (κ2) is 6.67. The minimum atomic E-state index is -0.908. The Balaban J connectivity index is 2.14. The van der Waals surface area contributed by atoms with Crippen molar-refractivity contribution in [2.24, 2.45) is 0 Å². The predicted molar refractivity (Wildman–Crippen MR) is 82.9 cm³/mol. The molecule has 0 spiro atoms. The van der Waals surface area contributed by atoms with Gasteiger partial charge in [-0.05, 0) is 44.0 Å². The van der Waals surface area contributed by atoms with Gasteiger partial charge in [-0.15, -0.1) is 0 Å². The van der Waals surface area contributed by atoms with Crippen LogP contribution in [0.4, 0.5) is 0 Å². The van der Waals surface area contributed by atoms with Gasteiger partial charge >= 0.3 is 0 Å². The molecule has 21 heavy (non-hydrogen) atoms. The Labute approximate surface area is 131 Å². The van der Waals surface area contributed by atoms with Crippen LogP contribution in [-0.2, 0) is 16.0 Å². The van der Waals surface area contributed by atoms with Crippen LogP contribution in [0.25, 0.3) is 0 Å². The maximum absolute atomic E-state index is 12.6. The topological polar surface area (TPSA) is 38.8 Å². The van der Waals surface area contributed by atoms with Gasteiger partial charge in [-0.2, -0.15) is 0 Å². The molecular weight excluding hydrogens is 290 g/mol. The fraction of sp³-hybridized carbons (Fsp3) is 0.562. The molecule has 0 atom stereocenters. The molecule has 1 aliphatic rings. The number of carbonyl (C=O) groups excluding carboxylic acids is 1. The normalized spacial score (nSPS) is 15.9. The van der Waals surface area contributed by atoms with Crippen molar-refractivity contribution in [2.75, 3.05) is 26.3 Å². The zero-order valence-electron chi connectivity index (χ0n) is 12.8. The van der Waals surface area contributed by atoms with Crippen LogP contribution >= 0.6 is 11.6 Å². The summed E-state index contributed by atoms with van der Waals surface area (Å²) in [6, 6.07) is 5.49. The summed E-state index contributed by atoms with van der Waals surface area (Å²) in [7, 11) is 0. The van der Waals surface area contributed by atoms with E-state index in [-0.39, 0.29) is 5.91 Å². The van der Waals surface area contributed by atoms with Crippen LogP contribution in [0.15, 0.2) is 18.2 Å². The van der Waals surface area contributed by atoms with E-state index in [9.17, 15) is 4.79 Å². The van der Waals surface area contributed by atoms with Gasteiger partial charge in [0.2, 0.25) is 0 Å². The van der Waals surface area contributed by atoms with Crippen LogP contribution < -0.4 is 4.74 Å². The number of halogens is 1. The predicted octanol–water partition coefficient (Wildman–Crippen LogP) is 2.92. The first kappa shape index (κ1) is 16.1. The summed E-state index contributed by atoms with van der Waals surface area (Å²) in [5, 5.41) is 0.677. The molecule has 0 bridgehead atoms. The van der Waals surface area contributed by atoms with E-state index in [4.69, 9.17) is 21.1 Å². The number of ether oxygens (including phenoxy) is 2. The van der Waals surface area contributed by atoms with E-state index in [2.05, 4.69) is 0 Å². The van der Waals surface area contributed by atoms with Crippen molar-refractivity contribution < 1.29 is 14.3 Å². The van der Waals surface area contributed by atoms with Gasteiger partial charge in [-0.25, -0.2) is 0 Å². The first-order chi connectivity index (χ1) is 9.94. The summed E-state index contributed by atoms with van der Waals surface area (Å²) in [6.45, 7) is 8.05. The molecule has 2 rings (SSSR count). The molecule has 1 heterocycles. The van der Waals surface area contributed by atoms with Crippen LogP contribution in [0, 0.1) is 0 Å². The molecule has 116 valence electrons. The summed E-state index contributed by atoms with van der Waals surface area (Å²) in [4.78, 5) is 14.4. The monoisotopic (exact) mass is 311 g/mol. The highest BCUT2D eigenvalue weighted by Gasteiger charge is 2.35. The highest BCUT2D eigenvalue weighted by atomic mass is 35.5. The maximum Gasteiger partial charge on any atom is 0.266 e. The van der Waals surface area contributed by atoms with Crippen molar-refractivity contribution in [3.8, 4) is 5.75 Å². The fourth-order valence-electron chi connectivity index (χ4n) is 2.39. The van der Waals surface area contributed by atoms with Crippen LogP contribution in [-0.4, -0.2) is 42.7 Å². The van der Waals surface area contributed by atoms with Gasteiger partial charge in [0.15, 0.2) is 5.60 Å². The molecule has 0 radical (unpaired) electrons. The highest BCUT2D eigenvalue weighted by molar-refractivity contribution is 6.30. The standard InChI is InChI=1S/C16H22ClNO3/c1-4-12-11-13(17)5-6-14(12)21-16(2,3)15(19)18-7-9-20-10-8-18/h5-6,11H,4,7-10H2,1-3H3. The lowest BCUT2D eigenvalue weighted by Gasteiger charge is -2.34. The lowest BCUT2D eigenvalue weighted by Crippen LogP contribution is -2.52. The summed E-state index contributed by atoms with van der Waals surface area (Å²) >= 11 is 6.01. The molecule has 0 aromatic heterocycles. The van der Waals surface area contributed by atoms with Gasteiger partial charge in [0, 0.05) is 18.1 Å². The molecule has 1 saturated heterocycles. The van der Waals surface area contributed by atoms with Gasteiger partial charge in [0.1, 0.15) is 5.75 Å². The van der Waals surface area contributed by atoms with E-state index in [1.54, 1.807) is 24.8 Å². The van der Waals surface area contributed by atoms with Gasteiger partial charge in [-0.1, -0.05) is 18.5 Å². The van der Waals surface area contributed by atoms with Crippen molar-refractivity contribution in [3.05, 3.63) is 28.8 Å². The third-order valence-electron chi connectivity index (χ3n) is 3.58. The van der Waals surface area contributed by atoms with E-state index in [0.717, 1.165) is 12.0 Å². The summed E-state index contributed by atoms with van der Waals surface area (Å²) < 4.78 is 11.3. The van der Waals surface area contributed by atoms with Crippen LogP contribution in [0.5, 0.6) is 5.75 Å². The Bertz CT molecular complexity index is 510. The van der Waals surface area contributed by atoms with E-state index < -0.39 is 5.60 Å². The average Bonchev–Trinajstić information content (AvgIpc) is 2.49. The van der Waals surface area contributed by atoms with E-state index >= 15 is 0 Å².